The summed E-state index contributed by atoms with van der Waals surface area (Å²) < 4.78 is 7.19. The van der Waals surface area contributed by atoms with Crippen molar-refractivity contribution in [2.24, 2.45) is 7.05 Å². The number of aryl methyl sites for hydroxylation is 1. The first kappa shape index (κ1) is 12.2. The van der Waals surface area contributed by atoms with Crippen molar-refractivity contribution in [3.05, 3.63) is 35.7 Å². The summed E-state index contributed by atoms with van der Waals surface area (Å²) in [7, 11) is 3.59. The molecule has 0 bridgehead atoms. The predicted octanol–water partition coefficient (Wildman–Crippen LogP) is 2.47. The number of hydrogen-bond donors (Lipinski definition) is 0. The van der Waals surface area contributed by atoms with Gasteiger partial charge >= 0.3 is 0 Å². The van der Waals surface area contributed by atoms with Crippen LogP contribution in [0.5, 0.6) is 5.75 Å². The van der Waals surface area contributed by atoms with Gasteiger partial charge in [0.05, 0.1) is 25.3 Å². The van der Waals surface area contributed by atoms with E-state index in [1.165, 1.54) is 0 Å². The molecule has 0 saturated heterocycles. The summed E-state index contributed by atoms with van der Waals surface area (Å²) in [6.07, 6.45) is 2.12. The molecule has 0 amide bonds. The van der Waals surface area contributed by atoms with Gasteiger partial charge in [0.2, 0.25) is 0 Å². The molecule has 0 saturated carbocycles. The summed E-state index contributed by atoms with van der Waals surface area (Å²) >= 11 is 0. The molecule has 18 heavy (non-hydrogen) atoms. The van der Waals surface area contributed by atoms with Crippen LogP contribution in [-0.4, -0.2) is 16.7 Å². The normalized spacial score (nSPS) is 10.1. The highest BCUT2D eigenvalue weighted by Gasteiger charge is 2.09. The molecule has 0 unspecified atom stereocenters. The Morgan fingerprint density at radius 1 is 1.44 bits per heavy atom. The molecule has 0 spiro atoms. The second kappa shape index (κ2) is 4.92. The number of hydrogen-bond acceptors (Lipinski definition) is 3. The lowest BCUT2D eigenvalue weighted by Gasteiger charge is -2.08. The highest BCUT2D eigenvalue weighted by molar-refractivity contribution is 5.59. The minimum atomic E-state index is 0.374. The molecular formula is C14H15N3O. The summed E-state index contributed by atoms with van der Waals surface area (Å²) in [4.78, 5) is 4.37. The Balaban J connectivity index is 2.43. The summed E-state index contributed by atoms with van der Waals surface area (Å²) in [5.41, 5.74) is 3.01. The highest BCUT2D eigenvalue weighted by atomic mass is 16.5. The van der Waals surface area contributed by atoms with Gasteiger partial charge in [0, 0.05) is 18.8 Å². The quantitative estimate of drug-likeness (QED) is 0.829. The van der Waals surface area contributed by atoms with E-state index in [1.54, 1.807) is 13.3 Å². The van der Waals surface area contributed by atoms with E-state index in [0.717, 1.165) is 28.4 Å². The largest absolute Gasteiger partial charge is 0.496 e. The number of nitrogens with zero attached hydrogens (tertiary/aromatic N) is 3. The van der Waals surface area contributed by atoms with Gasteiger partial charge in [-0.15, -0.1) is 0 Å². The third-order valence-electron chi connectivity index (χ3n) is 3.00. The van der Waals surface area contributed by atoms with Crippen molar-refractivity contribution in [2.75, 3.05) is 7.11 Å². The van der Waals surface area contributed by atoms with Gasteiger partial charge in [-0.25, -0.2) is 4.98 Å². The maximum Gasteiger partial charge on any atom is 0.139 e. The fraction of sp³-hybridized carbons (Fsp3) is 0.286. The first-order chi connectivity index (χ1) is 8.67. The van der Waals surface area contributed by atoms with Crippen LogP contribution in [0.4, 0.5) is 0 Å². The molecule has 2 rings (SSSR count). The molecular weight excluding hydrogens is 226 g/mol. The van der Waals surface area contributed by atoms with Crippen LogP contribution in [0.3, 0.4) is 0 Å². The zero-order valence-corrected chi connectivity index (χ0v) is 10.8. The summed E-state index contributed by atoms with van der Waals surface area (Å²) in [5.74, 6) is 1.73. The van der Waals surface area contributed by atoms with Crippen molar-refractivity contribution in [2.45, 2.75) is 13.3 Å². The number of imidazole rings is 1. The van der Waals surface area contributed by atoms with Crippen LogP contribution < -0.4 is 4.74 Å². The Morgan fingerprint density at radius 3 is 2.83 bits per heavy atom. The molecule has 1 heterocycles. The van der Waals surface area contributed by atoms with Crippen LogP contribution in [0.1, 0.15) is 11.3 Å². The van der Waals surface area contributed by atoms with E-state index in [1.807, 2.05) is 36.7 Å². The molecule has 1 aromatic heterocycles. The molecule has 92 valence electrons. The number of ether oxygens (including phenoxy) is 1. The Hall–Kier alpha value is -2.28. The first-order valence-electron chi connectivity index (χ1n) is 5.70. The Bertz CT molecular complexity index is 608. The third kappa shape index (κ3) is 2.07. The average Bonchev–Trinajstić information content (AvgIpc) is 2.72. The van der Waals surface area contributed by atoms with Crippen molar-refractivity contribution >= 4 is 0 Å². The highest BCUT2D eigenvalue weighted by Crippen LogP contribution is 2.25. The molecule has 2 aromatic rings. The van der Waals surface area contributed by atoms with Crippen molar-refractivity contribution in [1.29, 1.82) is 5.26 Å². The monoisotopic (exact) mass is 241 g/mol. The van der Waals surface area contributed by atoms with Crippen molar-refractivity contribution in [3.63, 3.8) is 0 Å². The van der Waals surface area contributed by atoms with Gasteiger partial charge in [-0.2, -0.15) is 5.26 Å². The summed E-state index contributed by atoms with van der Waals surface area (Å²) in [5, 5.41) is 8.73. The summed E-state index contributed by atoms with van der Waals surface area (Å²) in [6.45, 7) is 2.00. The maximum atomic E-state index is 8.73. The Labute approximate surface area is 106 Å². The molecule has 0 aliphatic rings. The topological polar surface area (TPSA) is 50.8 Å². The second-order valence-electron chi connectivity index (χ2n) is 4.15. The minimum absolute atomic E-state index is 0.374. The molecule has 4 heteroatoms. The van der Waals surface area contributed by atoms with Gasteiger partial charge in [0.1, 0.15) is 11.6 Å². The SMILES string of the molecule is COc1ccc(-c2ncc(CC#N)n2C)cc1C. The molecule has 0 aliphatic heterocycles. The first-order valence-corrected chi connectivity index (χ1v) is 5.70. The van der Waals surface area contributed by atoms with Crippen LogP contribution in [0, 0.1) is 18.3 Å². The van der Waals surface area contributed by atoms with Crippen LogP contribution in [0.15, 0.2) is 24.4 Å². The zero-order chi connectivity index (χ0) is 13.1. The van der Waals surface area contributed by atoms with Crippen LogP contribution in [0.25, 0.3) is 11.4 Å². The van der Waals surface area contributed by atoms with Crippen molar-refractivity contribution < 1.29 is 4.74 Å². The second-order valence-corrected chi connectivity index (χ2v) is 4.15. The van der Waals surface area contributed by atoms with Crippen LogP contribution >= 0.6 is 0 Å². The van der Waals surface area contributed by atoms with E-state index in [2.05, 4.69) is 11.1 Å². The Morgan fingerprint density at radius 2 is 2.22 bits per heavy atom. The van der Waals surface area contributed by atoms with Gasteiger partial charge in [-0.1, -0.05) is 0 Å². The lowest BCUT2D eigenvalue weighted by molar-refractivity contribution is 0.412. The van der Waals surface area contributed by atoms with Gasteiger partial charge in [0.15, 0.2) is 0 Å². The standard InChI is InChI=1S/C14H15N3O/c1-10-8-11(4-5-13(10)18-3)14-16-9-12(6-7-15)17(14)2/h4-5,8-9H,6H2,1-3H3. The summed E-state index contributed by atoms with van der Waals surface area (Å²) in [6, 6.07) is 8.09. The predicted molar refractivity (Wildman–Crippen MR) is 69.3 cm³/mol. The van der Waals surface area contributed by atoms with Gasteiger partial charge in [-0.05, 0) is 30.7 Å². The molecule has 0 fully saturated rings. The number of methoxy groups -OCH3 is 1. The zero-order valence-electron chi connectivity index (χ0n) is 10.8. The van der Waals surface area contributed by atoms with E-state index < -0.39 is 0 Å². The third-order valence-corrected chi connectivity index (χ3v) is 3.00. The smallest absolute Gasteiger partial charge is 0.139 e. The average molecular weight is 241 g/mol. The van der Waals surface area contributed by atoms with Crippen LogP contribution in [0.2, 0.25) is 0 Å². The molecule has 0 radical (unpaired) electrons. The van der Waals surface area contributed by atoms with Gasteiger partial charge < -0.3 is 9.30 Å². The Kier molecular flexibility index (Phi) is 3.33. The molecule has 0 N–H and O–H groups in total. The lowest BCUT2D eigenvalue weighted by atomic mass is 10.1. The fourth-order valence-electron chi connectivity index (χ4n) is 1.98. The molecule has 0 atom stereocenters. The molecule has 0 aliphatic carbocycles. The minimum Gasteiger partial charge on any atom is -0.496 e. The van der Waals surface area contributed by atoms with E-state index in [9.17, 15) is 0 Å². The molecule has 4 nitrogen and oxygen atoms in total. The van der Waals surface area contributed by atoms with Crippen molar-refractivity contribution in [1.82, 2.24) is 9.55 Å². The van der Waals surface area contributed by atoms with Gasteiger partial charge in [-0.3, -0.25) is 0 Å². The van der Waals surface area contributed by atoms with Crippen LogP contribution in [-0.2, 0) is 13.5 Å². The fourth-order valence-corrected chi connectivity index (χ4v) is 1.98. The number of aromatic nitrogens is 2. The maximum absolute atomic E-state index is 8.73. The van der Waals surface area contributed by atoms with E-state index in [-0.39, 0.29) is 0 Å². The number of rotatable bonds is 3. The van der Waals surface area contributed by atoms with Crippen molar-refractivity contribution in [3.8, 4) is 23.2 Å². The lowest BCUT2D eigenvalue weighted by Crippen LogP contribution is -1.98. The number of benzene rings is 1. The molecule has 1 aromatic carbocycles. The van der Waals surface area contributed by atoms with Gasteiger partial charge in [0.25, 0.3) is 0 Å². The van der Waals surface area contributed by atoms with E-state index in [0.29, 0.717) is 6.42 Å². The van der Waals surface area contributed by atoms with E-state index >= 15 is 0 Å². The number of nitriles is 1. The van der Waals surface area contributed by atoms with E-state index in [4.69, 9.17) is 10.00 Å².